The number of benzene rings is 1. The van der Waals surface area contributed by atoms with Gasteiger partial charge < -0.3 is 14.7 Å². The molecule has 1 N–H and O–H groups in total. The number of hydrogen-bond donors (Lipinski definition) is 1. The lowest BCUT2D eigenvalue weighted by Gasteiger charge is -2.32. The maximum absolute atomic E-state index is 10.7. The van der Waals surface area contributed by atoms with Crippen molar-refractivity contribution in [3.8, 4) is 5.75 Å². The summed E-state index contributed by atoms with van der Waals surface area (Å²) in [5.74, 6) is 0.396. The highest BCUT2D eigenvalue weighted by molar-refractivity contribution is 5.66. The first-order valence-electron chi connectivity index (χ1n) is 8.36. The molecule has 1 atom stereocenters. The van der Waals surface area contributed by atoms with Gasteiger partial charge in [0.05, 0.1) is 11.5 Å². The molecule has 0 radical (unpaired) electrons. The zero-order valence-corrected chi connectivity index (χ0v) is 13.7. The lowest BCUT2D eigenvalue weighted by atomic mass is 9.93. The number of aliphatic carboxylic acids is 1. The zero-order chi connectivity index (χ0) is 17.4. The third kappa shape index (κ3) is 6.16. The van der Waals surface area contributed by atoms with Crippen LogP contribution in [0.2, 0.25) is 0 Å². The van der Waals surface area contributed by atoms with Gasteiger partial charge in [0, 0.05) is 31.6 Å². The van der Waals surface area contributed by atoms with Crippen LogP contribution in [-0.2, 0) is 4.79 Å². The summed E-state index contributed by atoms with van der Waals surface area (Å²) in [5, 5.41) is 19.4. The number of nitrogens with zero attached hydrogens (tertiary/aromatic N) is 2. The Kier molecular flexibility index (Phi) is 6.99. The predicted octanol–water partition coefficient (Wildman–Crippen LogP) is 2.94. The topological polar surface area (TPSA) is 92.9 Å². The van der Waals surface area contributed by atoms with Crippen LogP contribution >= 0.6 is 0 Å². The molecule has 1 aliphatic rings. The fourth-order valence-electron chi connectivity index (χ4n) is 3.06. The number of nitro groups is 1. The van der Waals surface area contributed by atoms with Gasteiger partial charge in [0.15, 0.2) is 0 Å². The summed E-state index contributed by atoms with van der Waals surface area (Å²) in [7, 11) is 0. The van der Waals surface area contributed by atoms with Crippen molar-refractivity contribution in [2.24, 2.45) is 5.92 Å². The van der Waals surface area contributed by atoms with E-state index < -0.39 is 10.9 Å². The van der Waals surface area contributed by atoms with E-state index in [0.717, 1.165) is 45.3 Å². The normalized spacial score (nSPS) is 18.2. The fourth-order valence-corrected chi connectivity index (χ4v) is 3.06. The molecule has 0 aromatic heterocycles. The molecule has 1 aliphatic heterocycles. The first kappa shape index (κ1) is 18.2. The van der Waals surface area contributed by atoms with Gasteiger partial charge in [-0.15, -0.1) is 0 Å². The van der Waals surface area contributed by atoms with E-state index in [1.807, 2.05) is 0 Å². The highest BCUT2D eigenvalue weighted by Gasteiger charge is 2.20. The summed E-state index contributed by atoms with van der Waals surface area (Å²) in [5.41, 5.74) is 0.0584. The molecule has 0 amide bonds. The molecule has 1 heterocycles. The first-order valence-corrected chi connectivity index (χ1v) is 8.36. The summed E-state index contributed by atoms with van der Waals surface area (Å²) in [6.45, 7) is 3.51. The van der Waals surface area contributed by atoms with Gasteiger partial charge in [0.1, 0.15) is 5.75 Å². The second-order valence-electron chi connectivity index (χ2n) is 6.19. The maximum Gasteiger partial charge on any atom is 0.303 e. The van der Waals surface area contributed by atoms with Crippen molar-refractivity contribution in [3.63, 3.8) is 0 Å². The molecule has 1 saturated heterocycles. The average Bonchev–Trinajstić information content (AvgIpc) is 2.58. The average molecular weight is 336 g/mol. The van der Waals surface area contributed by atoms with Crippen molar-refractivity contribution < 1.29 is 19.6 Å². The van der Waals surface area contributed by atoms with Gasteiger partial charge in [-0.05, 0) is 50.3 Å². The van der Waals surface area contributed by atoms with Gasteiger partial charge in [-0.1, -0.05) is 0 Å². The van der Waals surface area contributed by atoms with Gasteiger partial charge in [-0.3, -0.25) is 14.9 Å². The molecular formula is C17H24N2O5. The molecule has 24 heavy (non-hydrogen) atoms. The highest BCUT2D eigenvalue weighted by atomic mass is 16.6. The molecule has 0 saturated carbocycles. The van der Waals surface area contributed by atoms with E-state index in [-0.39, 0.29) is 12.1 Å². The van der Waals surface area contributed by atoms with Crippen LogP contribution in [0.25, 0.3) is 0 Å². The van der Waals surface area contributed by atoms with Crippen molar-refractivity contribution in [2.75, 3.05) is 26.2 Å². The fraction of sp³-hybridized carbons (Fsp3) is 0.588. The van der Waals surface area contributed by atoms with Crippen molar-refractivity contribution in [1.29, 1.82) is 0 Å². The monoisotopic (exact) mass is 336 g/mol. The number of piperidine rings is 1. The quantitative estimate of drug-likeness (QED) is 0.423. The molecule has 7 nitrogen and oxygen atoms in total. The van der Waals surface area contributed by atoms with Crippen LogP contribution in [0.4, 0.5) is 5.69 Å². The predicted molar refractivity (Wildman–Crippen MR) is 89.2 cm³/mol. The molecule has 132 valence electrons. The summed E-state index contributed by atoms with van der Waals surface area (Å²) >= 11 is 0. The Morgan fingerprint density at radius 1 is 1.38 bits per heavy atom. The van der Waals surface area contributed by atoms with E-state index in [4.69, 9.17) is 9.84 Å². The number of non-ortho nitro benzene ring substituents is 1. The van der Waals surface area contributed by atoms with Crippen LogP contribution < -0.4 is 4.74 Å². The lowest BCUT2D eigenvalue weighted by Crippen LogP contribution is -2.36. The smallest absolute Gasteiger partial charge is 0.303 e. The third-order valence-corrected chi connectivity index (χ3v) is 4.30. The Morgan fingerprint density at radius 3 is 2.79 bits per heavy atom. The SMILES string of the molecule is O=C(O)CCC1CCCN(CCCOc2ccc([N+](=O)[O-])cc2)C1. The summed E-state index contributed by atoms with van der Waals surface area (Å²) < 4.78 is 5.61. The molecular weight excluding hydrogens is 312 g/mol. The Labute approximate surface area is 141 Å². The van der Waals surface area contributed by atoms with Crippen molar-refractivity contribution >= 4 is 11.7 Å². The second-order valence-corrected chi connectivity index (χ2v) is 6.19. The van der Waals surface area contributed by atoms with Gasteiger partial charge >= 0.3 is 5.97 Å². The van der Waals surface area contributed by atoms with E-state index in [1.54, 1.807) is 12.1 Å². The van der Waals surface area contributed by atoms with E-state index in [9.17, 15) is 14.9 Å². The molecule has 1 fully saturated rings. The standard InChI is InChI=1S/C17H24N2O5/c20-17(21)9-4-14-3-1-10-18(13-14)11-2-12-24-16-7-5-15(6-8-16)19(22)23/h5-8,14H,1-4,9-13H2,(H,20,21). The van der Waals surface area contributed by atoms with E-state index in [2.05, 4.69) is 4.90 Å². The third-order valence-electron chi connectivity index (χ3n) is 4.30. The zero-order valence-electron chi connectivity index (χ0n) is 13.7. The molecule has 0 spiro atoms. The summed E-state index contributed by atoms with van der Waals surface area (Å²) in [6.07, 6.45) is 4.12. The molecule has 0 aliphatic carbocycles. The highest BCUT2D eigenvalue weighted by Crippen LogP contribution is 2.21. The molecule has 1 aromatic rings. The number of ether oxygens (including phenoxy) is 1. The van der Waals surface area contributed by atoms with Crippen LogP contribution in [0, 0.1) is 16.0 Å². The van der Waals surface area contributed by atoms with Gasteiger partial charge in [-0.25, -0.2) is 0 Å². The number of carbonyl (C=O) groups is 1. The molecule has 1 unspecified atom stereocenters. The Morgan fingerprint density at radius 2 is 2.12 bits per heavy atom. The molecule has 1 aromatic carbocycles. The molecule has 7 heteroatoms. The number of carboxylic acids is 1. The lowest BCUT2D eigenvalue weighted by molar-refractivity contribution is -0.384. The van der Waals surface area contributed by atoms with Crippen molar-refractivity contribution in [2.45, 2.75) is 32.1 Å². The number of carboxylic acid groups (broad SMARTS) is 1. The Hall–Kier alpha value is -2.15. The van der Waals surface area contributed by atoms with E-state index in [0.29, 0.717) is 18.3 Å². The minimum absolute atomic E-state index is 0.0584. The minimum Gasteiger partial charge on any atom is -0.494 e. The number of hydrogen-bond acceptors (Lipinski definition) is 5. The van der Waals surface area contributed by atoms with Crippen LogP contribution in [0.1, 0.15) is 32.1 Å². The number of rotatable bonds is 9. The number of likely N-dealkylation sites (tertiary alicyclic amines) is 1. The van der Waals surface area contributed by atoms with Crippen LogP contribution in [-0.4, -0.2) is 47.1 Å². The van der Waals surface area contributed by atoms with E-state index in [1.165, 1.54) is 12.1 Å². The van der Waals surface area contributed by atoms with Gasteiger partial charge in [-0.2, -0.15) is 0 Å². The van der Waals surface area contributed by atoms with Crippen LogP contribution in [0.15, 0.2) is 24.3 Å². The maximum atomic E-state index is 10.7. The minimum atomic E-state index is -0.719. The summed E-state index contributed by atoms with van der Waals surface area (Å²) in [4.78, 5) is 23.2. The molecule has 2 rings (SSSR count). The van der Waals surface area contributed by atoms with E-state index >= 15 is 0 Å². The first-order chi connectivity index (χ1) is 11.5. The molecule has 0 bridgehead atoms. The van der Waals surface area contributed by atoms with Crippen LogP contribution in [0.5, 0.6) is 5.75 Å². The van der Waals surface area contributed by atoms with Crippen molar-refractivity contribution in [3.05, 3.63) is 34.4 Å². The second kappa shape index (κ2) is 9.22. The van der Waals surface area contributed by atoms with Gasteiger partial charge in [0.2, 0.25) is 0 Å². The van der Waals surface area contributed by atoms with Crippen LogP contribution in [0.3, 0.4) is 0 Å². The summed E-state index contributed by atoms with van der Waals surface area (Å²) in [6, 6.07) is 6.10. The number of nitro benzene ring substituents is 1. The van der Waals surface area contributed by atoms with Crippen molar-refractivity contribution in [1.82, 2.24) is 4.90 Å². The Balaban J connectivity index is 1.64. The van der Waals surface area contributed by atoms with Gasteiger partial charge in [0.25, 0.3) is 5.69 Å². The Bertz CT molecular complexity index is 546. The largest absolute Gasteiger partial charge is 0.494 e.